The van der Waals surface area contributed by atoms with E-state index in [0.29, 0.717) is 0 Å². The van der Waals surface area contributed by atoms with Gasteiger partial charge in [-0.15, -0.1) is 0 Å². The lowest BCUT2D eigenvalue weighted by atomic mass is 10.2. The molecule has 0 aliphatic rings. The summed E-state index contributed by atoms with van der Waals surface area (Å²) in [7, 11) is 0. The SMILES string of the molecule is Cc1nc(Br)ccc1NCc1ccc(Cl)cc1. The number of nitrogens with zero attached hydrogens (tertiary/aromatic N) is 1. The summed E-state index contributed by atoms with van der Waals surface area (Å²) in [5, 5.41) is 4.11. The highest BCUT2D eigenvalue weighted by Gasteiger charge is 2.00. The molecule has 0 fully saturated rings. The van der Waals surface area contributed by atoms with E-state index in [2.05, 4.69) is 26.2 Å². The third-order valence-corrected chi connectivity index (χ3v) is 3.14. The monoisotopic (exact) mass is 310 g/mol. The van der Waals surface area contributed by atoms with Crippen LogP contribution in [-0.4, -0.2) is 4.98 Å². The number of rotatable bonds is 3. The summed E-state index contributed by atoms with van der Waals surface area (Å²) in [5.74, 6) is 0. The lowest BCUT2D eigenvalue weighted by Gasteiger charge is -2.09. The van der Waals surface area contributed by atoms with Gasteiger partial charge >= 0.3 is 0 Å². The van der Waals surface area contributed by atoms with Crippen molar-refractivity contribution < 1.29 is 0 Å². The molecule has 1 heterocycles. The number of anilines is 1. The Balaban J connectivity index is 2.04. The molecule has 1 N–H and O–H groups in total. The van der Waals surface area contributed by atoms with E-state index >= 15 is 0 Å². The van der Waals surface area contributed by atoms with Crippen molar-refractivity contribution >= 4 is 33.2 Å². The molecule has 4 heteroatoms. The average Bonchev–Trinajstić information content (AvgIpc) is 2.30. The van der Waals surface area contributed by atoms with E-state index in [1.165, 1.54) is 5.56 Å². The molecule has 0 amide bonds. The van der Waals surface area contributed by atoms with E-state index in [9.17, 15) is 0 Å². The van der Waals surface area contributed by atoms with E-state index in [-0.39, 0.29) is 0 Å². The van der Waals surface area contributed by atoms with E-state index < -0.39 is 0 Å². The van der Waals surface area contributed by atoms with Crippen molar-refractivity contribution in [3.8, 4) is 0 Å². The molecule has 2 rings (SSSR count). The van der Waals surface area contributed by atoms with Crippen LogP contribution in [0.15, 0.2) is 41.0 Å². The molecule has 1 aromatic heterocycles. The Morgan fingerprint density at radius 2 is 1.88 bits per heavy atom. The van der Waals surface area contributed by atoms with Crippen LogP contribution >= 0.6 is 27.5 Å². The maximum Gasteiger partial charge on any atom is 0.106 e. The van der Waals surface area contributed by atoms with Crippen LogP contribution in [0.25, 0.3) is 0 Å². The normalized spacial score (nSPS) is 10.3. The maximum absolute atomic E-state index is 5.84. The molecule has 2 aromatic rings. The summed E-state index contributed by atoms with van der Waals surface area (Å²) in [4.78, 5) is 4.33. The molecular weight excluding hydrogens is 300 g/mol. The largest absolute Gasteiger partial charge is 0.380 e. The summed E-state index contributed by atoms with van der Waals surface area (Å²) in [5.41, 5.74) is 3.22. The molecule has 0 saturated heterocycles. The summed E-state index contributed by atoms with van der Waals surface area (Å²) < 4.78 is 0.854. The smallest absolute Gasteiger partial charge is 0.106 e. The fourth-order valence-electron chi connectivity index (χ4n) is 1.52. The molecule has 0 unspecified atom stereocenters. The molecule has 88 valence electrons. The van der Waals surface area contributed by atoms with Crippen LogP contribution in [0.4, 0.5) is 5.69 Å². The van der Waals surface area contributed by atoms with Crippen LogP contribution in [0.2, 0.25) is 5.02 Å². The summed E-state index contributed by atoms with van der Waals surface area (Å²) >= 11 is 9.18. The Kier molecular flexibility index (Phi) is 4.02. The van der Waals surface area contributed by atoms with E-state index in [0.717, 1.165) is 27.6 Å². The van der Waals surface area contributed by atoms with Gasteiger partial charge in [0.15, 0.2) is 0 Å². The molecule has 0 bridgehead atoms. The Morgan fingerprint density at radius 3 is 2.53 bits per heavy atom. The van der Waals surface area contributed by atoms with Crippen LogP contribution in [0.5, 0.6) is 0 Å². The number of hydrogen-bond acceptors (Lipinski definition) is 2. The quantitative estimate of drug-likeness (QED) is 0.849. The van der Waals surface area contributed by atoms with Gasteiger partial charge in [0.05, 0.1) is 11.4 Å². The maximum atomic E-state index is 5.84. The van der Waals surface area contributed by atoms with Crippen LogP contribution in [0.3, 0.4) is 0 Å². The van der Waals surface area contributed by atoms with Gasteiger partial charge in [-0.1, -0.05) is 23.7 Å². The van der Waals surface area contributed by atoms with Gasteiger partial charge in [0.2, 0.25) is 0 Å². The molecule has 0 aliphatic heterocycles. The summed E-state index contributed by atoms with van der Waals surface area (Å²) in [6.07, 6.45) is 0. The van der Waals surface area contributed by atoms with Crippen molar-refractivity contribution in [1.29, 1.82) is 0 Å². The van der Waals surface area contributed by atoms with Gasteiger partial charge in [-0.3, -0.25) is 0 Å². The number of benzene rings is 1. The predicted octanol–water partition coefficient (Wildman–Crippen LogP) is 4.42. The zero-order chi connectivity index (χ0) is 12.3. The third kappa shape index (κ3) is 3.45. The molecular formula is C13H12BrClN2. The number of nitrogens with one attached hydrogen (secondary N) is 1. The van der Waals surface area contributed by atoms with Crippen LogP contribution in [0.1, 0.15) is 11.3 Å². The van der Waals surface area contributed by atoms with Gasteiger partial charge in [-0.05, 0) is 52.7 Å². The molecule has 0 atom stereocenters. The topological polar surface area (TPSA) is 24.9 Å². The average molecular weight is 312 g/mol. The molecule has 17 heavy (non-hydrogen) atoms. The van der Waals surface area contributed by atoms with Crippen LogP contribution in [0, 0.1) is 6.92 Å². The second kappa shape index (κ2) is 5.52. The lowest BCUT2D eigenvalue weighted by molar-refractivity contribution is 1.10. The molecule has 0 radical (unpaired) electrons. The van der Waals surface area contributed by atoms with Gasteiger partial charge in [-0.2, -0.15) is 0 Å². The highest BCUT2D eigenvalue weighted by Crippen LogP contribution is 2.17. The second-order valence-corrected chi connectivity index (χ2v) is 5.00. The summed E-state index contributed by atoms with van der Waals surface area (Å²) in [6, 6.07) is 11.8. The third-order valence-electron chi connectivity index (χ3n) is 2.45. The van der Waals surface area contributed by atoms with Gasteiger partial charge in [0.25, 0.3) is 0 Å². The minimum Gasteiger partial charge on any atom is -0.380 e. The number of aryl methyl sites for hydroxylation is 1. The van der Waals surface area contributed by atoms with E-state index in [1.807, 2.05) is 43.3 Å². The predicted molar refractivity (Wildman–Crippen MR) is 75.5 cm³/mol. The zero-order valence-electron chi connectivity index (χ0n) is 9.37. The van der Waals surface area contributed by atoms with Crippen LogP contribution in [-0.2, 0) is 6.54 Å². The van der Waals surface area contributed by atoms with Crippen LogP contribution < -0.4 is 5.32 Å². The molecule has 2 nitrogen and oxygen atoms in total. The number of hydrogen-bond donors (Lipinski definition) is 1. The Morgan fingerprint density at radius 1 is 1.18 bits per heavy atom. The Bertz CT molecular complexity index is 511. The number of pyridine rings is 1. The van der Waals surface area contributed by atoms with Crippen molar-refractivity contribution in [3.05, 3.63) is 57.3 Å². The first-order valence-corrected chi connectivity index (χ1v) is 6.44. The van der Waals surface area contributed by atoms with E-state index in [1.54, 1.807) is 0 Å². The van der Waals surface area contributed by atoms with Gasteiger partial charge < -0.3 is 5.32 Å². The standard InChI is InChI=1S/C13H12BrClN2/c1-9-12(6-7-13(14)17-9)16-8-10-2-4-11(15)5-3-10/h2-7,16H,8H2,1H3. The Hall–Kier alpha value is -1.06. The highest BCUT2D eigenvalue weighted by atomic mass is 79.9. The van der Waals surface area contributed by atoms with Crippen molar-refractivity contribution in [2.24, 2.45) is 0 Å². The van der Waals surface area contributed by atoms with Gasteiger partial charge in [0, 0.05) is 11.6 Å². The van der Waals surface area contributed by atoms with Crippen molar-refractivity contribution in [2.75, 3.05) is 5.32 Å². The fraction of sp³-hybridized carbons (Fsp3) is 0.154. The minimum atomic E-state index is 0.759. The molecule has 0 spiro atoms. The minimum absolute atomic E-state index is 0.759. The van der Waals surface area contributed by atoms with Crippen molar-refractivity contribution in [2.45, 2.75) is 13.5 Å². The molecule has 0 saturated carbocycles. The molecule has 1 aromatic carbocycles. The summed E-state index contributed by atoms with van der Waals surface area (Å²) in [6.45, 7) is 2.75. The first-order valence-electron chi connectivity index (χ1n) is 5.26. The first-order chi connectivity index (χ1) is 8.15. The number of halogens is 2. The van der Waals surface area contributed by atoms with Gasteiger partial charge in [-0.25, -0.2) is 4.98 Å². The molecule has 0 aliphatic carbocycles. The Labute approximate surface area is 114 Å². The van der Waals surface area contributed by atoms with Gasteiger partial charge in [0.1, 0.15) is 4.60 Å². The second-order valence-electron chi connectivity index (χ2n) is 3.75. The van der Waals surface area contributed by atoms with Crippen molar-refractivity contribution in [1.82, 2.24) is 4.98 Å². The van der Waals surface area contributed by atoms with E-state index in [4.69, 9.17) is 11.6 Å². The highest BCUT2D eigenvalue weighted by molar-refractivity contribution is 9.10. The first kappa shape index (κ1) is 12.4. The fourth-order valence-corrected chi connectivity index (χ4v) is 2.04. The zero-order valence-corrected chi connectivity index (χ0v) is 11.7. The van der Waals surface area contributed by atoms with Crippen molar-refractivity contribution in [3.63, 3.8) is 0 Å². The number of aromatic nitrogens is 1. The lowest BCUT2D eigenvalue weighted by Crippen LogP contribution is -2.01.